The van der Waals surface area contributed by atoms with Gasteiger partial charge in [-0.1, -0.05) is 41.4 Å². The van der Waals surface area contributed by atoms with Crippen LogP contribution in [0.2, 0.25) is 10.0 Å². The summed E-state index contributed by atoms with van der Waals surface area (Å²) in [6, 6.07) is 12.1. The number of unbranched alkanes of at least 4 members (excludes halogenated alkanes) is 1. The number of aromatic nitrogens is 1. The van der Waals surface area contributed by atoms with E-state index in [1.807, 2.05) is 12.1 Å². The quantitative estimate of drug-likeness (QED) is 0.355. The number of H-pyrrole nitrogens is 1. The number of rotatable bonds is 5. The van der Waals surface area contributed by atoms with E-state index < -0.39 is 0 Å². The third-order valence-corrected chi connectivity index (χ3v) is 5.41. The monoisotopic (exact) mass is 458 g/mol. The average Bonchev–Trinajstić information content (AvgIpc) is 2.87. The Bertz CT molecular complexity index is 842. The van der Waals surface area contributed by atoms with Crippen LogP contribution in [0.1, 0.15) is 18.4 Å². The summed E-state index contributed by atoms with van der Waals surface area (Å²) in [5.74, 6) is 0. The standard InChI is InChI=1S/C18H17Cl2IN2/c19-11-9-14-12(5-3-4-8-22)17(23-18(14)15(20)10-11)13-6-1-2-7-16(13)21/h1-2,6-7,9-10,23H,3-5,8,22H2. The molecule has 0 unspecified atom stereocenters. The van der Waals surface area contributed by atoms with Crippen LogP contribution < -0.4 is 5.73 Å². The minimum Gasteiger partial charge on any atom is -0.353 e. The third kappa shape index (κ3) is 3.53. The lowest BCUT2D eigenvalue weighted by Crippen LogP contribution is -1.99. The van der Waals surface area contributed by atoms with Gasteiger partial charge in [0.2, 0.25) is 0 Å². The van der Waals surface area contributed by atoms with Crippen molar-refractivity contribution in [2.75, 3.05) is 6.54 Å². The van der Waals surface area contributed by atoms with Gasteiger partial charge in [0.1, 0.15) is 0 Å². The van der Waals surface area contributed by atoms with E-state index in [0.717, 1.165) is 35.9 Å². The van der Waals surface area contributed by atoms with Gasteiger partial charge in [-0.15, -0.1) is 0 Å². The molecule has 0 aliphatic heterocycles. The molecule has 2 nitrogen and oxygen atoms in total. The maximum Gasteiger partial charge on any atom is 0.0662 e. The van der Waals surface area contributed by atoms with E-state index in [1.165, 1.54) is 14.7 Å². The Balaban J connectivity index is 2.21. The molecule has 1 aromatic heterocycles. The number of halogens is 3. The maximum atomic E-state index is 6.40. The summed E-state index contributed by atoms with van der Waals surface area (Å²) in [5, 5.41) is 2.43. The Kier molecular flexibility index (Phi) is 5.52. The number of aromatic amines is 1. The molecule has 5 heteroatoms. The molecule has 2 aromatic carbocycles. The van der Waals surface area contributed by atoms with Gasteiger partial charge in [0.15, 0.2) is 0 Å². The van der Waals surface area contributed by atoms with Gasteiger partial charge in [-0.3, -0.25) is 0 Å². The molecule has 120 valence electrons. The first kappa shape index (κ1) is 17.1. The van der Waals surface area contributed by atoms with Crippen molar-refractivity contribution in [2.24, 2.45) is 5.73 Å². The van der Waals surface area contributed by atoms with E-state index in [2.05, 4.69) is 45.8 Å². The number of nitrogens with one attached hydrogen (secondary N) is 1. The maximum absolute atomic E-state index is 6.40. The second-order valence-corrected chi connectivity index (χ2v) is 7.52. The van der Waals surface area contributed by atoms with Gasteiger partial charge >= 0.3 is 0 Å². The summed E-state index contributed by atoms with van der Waals surface area (Å²) in [7, 11) is 0. The van der Waals surface area contributed by atoms with Gasteiger partial charge in [-0.2, -0.15) is 0 Å². The number of fused-ring (bicyclic) bond motifs is 1. The van der Waals surface area contributed by atoms with Gasteiger partial charge in [-0.05, 0) is 72.2 Å². The summed E-state index contributed by atoms with van der Waals surface area (Å²) in [4.78, 5) is 3.52. The molecule has 0 aliphatic carbocycles. The van der Waals surface area contributed by atoms with Crippen molar-refractivity contribution >= 4 is 56.7 Å². The van der Waals surface area contributed by atoms with Crippen molar-refractivity contribution < 1.29 is 0 Å². The fraction of sp³-hybridized carbons (Fsp3) is 0.222. The van der Waals surface area contributed by atoms with Gasteiger partial charge in [-0.25, -0.2) is 0 Å². The lowest BCUT2D eigenvalue weighted by atomic mass is 10.0. The molecule has 0 atom stereocenters. The van der Waals surface area contributed by atoms with E-state index in [4.69, 9.17) is 28.9 Å². The average molecular weight is 459 g/mol. The van der Waals surface area contributed by atoms with E-state index in [9.17, 15) is 0 Å². The van der Waals surface area contributed by atoms with Crippen LogP contribution in [0.5, 0.6) is 0 Å². The fourth-order valence-corrected chi connectivity index (χ4v) is 4.07. The predicted octanol–water partition coefficient (Wildman–Crippen LogP) is 6.03. The van der Waals surface area contributed by atoms with E-state index in [1.54, 1.807) is 6.07 Å². The largest absolute Gasteiger partial charge is 0.353 e. The molecule has 0 amide bonds. The van der Waals surface area contributed by atoms with Crippen LogP contribution in [-0.4, -0.2) is 11.5 Å². The molecule has 3 aromatic rings. The van der Waals surface area contributed by atoms with Crippen LogP contribution in [0.4, 0.5) is 0 Å². The summed E-state index contributed by atoms with van der Waals surface area (Å²) in [6.07, 6.45) is 3.00. The molecule has 3 rings (SSSR count). The summed E-state index contributed by atoms with van der Waals surface area (Å²) in [5.41, 5.74) is 10.2. The highest BCUT2D eigenvalue weighted by atomic mass is 127. The topological polar surface area (TPSA) is 41.8 Å². The van der Waals surface area contributed by atoms with Gasteiger partial charge < -0.3 is 10.7 Å². The minimum absolute atomic E-state index is 0.657. The number of hydrogen-bond donors (Lipinski definition) is 2. The molecule has 0 bridgehead atoms. The molecule has 0 aliphatic rings. The smallest absolute Gasteiger partial charge is 0.0662 e. The van der Waals surface area contributed by atoms with Crippen molar-refractivity contribution in [3.05, 3.63) is 55.6 Å². The molecule has 0 saturated carbocycles. The second-order valence-electron chi connectivity index (χ2n) is 5.51. The molecular formula is C18H17Cl2IN2. The van der Waals surface area contributed by atoms with Crippen LogP contribution in [0.25, 0.3) is 22.2 Å². The Hall–Kier alpha value is -0.750. The zero-order valence-electron chi connectivity index (χ0n) is 12.5. The van der Waals surface area contributed by atoms with Crippen molar-refractivity contribution in [1.29, 1.82) is 0 Å². The van der Waals surface area contributed by atoms with Crippen molar-refractivity contribution in [3.8, 4) is 11.3 Å². The highest BCUT2D eigenvalue weighted by molar-refractivity contribution is 14.1. The van der Waals surface area contributed by atoms with E-state index >= 15 is 0 Å². The lowest BCUT2D eigenvalue weighted by Gasteiger charge is -2.07. The molecule has 0 saturated heterocycles. The van der Waals surface area contributed by atoms with Gasteiger partial charge in [0.05, 0.1) is 16.2 Å². The summed E-state index contributed by atoms with van der Waals surface area (Å²) >= 11 is 15.0. The van der Waals surface area contributed by atoms with Crippen LogP contribution in [0.3, 0.4) is 0 Å². The Morgan fingerprint density at radius 2 is 1.87 bits per heavy atom. The first-order chi connectivity index (χ1) is 11.1. The minimum atomic E-state index is 0.657. The highest BCUT2D eigenvalue weighted by Gasteiger charge is 2.17. The second kappa shape index (κ2) is 7.43. The van der Waals surface area contributed by atoms with Crippen LogP contribution in [0, 0.1) is 3.57 Å². The number of aryl methyl sites for hydroxylation is 1. The summed E-state index contributed by atoms with van der Waals surface area (Å²) in [6.45, 7) is 0.710. The van der Waals surface area contributed by atoms with Crippen LogP contribution in [0.15, 0.2) is 36.4 Å². The lowest BCUT2D eigenvalue weighted by molar-refractivity contribution is 0.748. The fourth-order valence-electron chi connectivity index (χ4n) is 2.87. The molecular weight excluding hydrogens is 442 g/mol. The normalized spacial score (nSPS) is 11.3. The van der Waals surface area contributed by atoms with Crippen molar-refractivity contribution in [3.63, 3.8) is 0 Å². The van der Waals surface area contributed by atoms with E-state index in [0.29, 0.717) is 16.6 Å². The molecule has 1 heterocycles. The predicted molar refractivity (Wildman–Crippen MR) is 108 cm³/mol. The Morgan fingerprint density at radius 3 is 2.61 bits per heavy atom. The Labute approximate surface area is 159 Å². The zero-order chi connectivity index (χ0) is 16.4. The van der Waals surface area contributed by atoms with Gasteiger partial charge in [0, 0.05) is 19.5 Å². The number of benzene rings is 2. The first-order valence-electron chi connectivity index (χ1n) is 7.56. The molecule has 23 heavy (non-hydrogen) atoms. The number of hydrogen-bond acceptors (Lipinski definition) is 1. The third-order valence-electron chi connectivity index (χ3n) is 3.96. The zero-order valence-corrected chi connectivity index (χ0v) is 16.2. The van der Waals surface area contributed by atoms with Crippen LogP contribution >= 0.6 is 45.8 Å². The van der Waals surface area contributed by atoms with Crippen LogP contribution in [-0.2, 0) is 6.42 Å². The summed E-state index contributed by atoms with van der Waals surface area (Å²) < 4.78 is 1.21. The SMILES string of the molecule is NCCCCc1c(-c2ccccc2I)[nH]c2c(Cl)cc(Cl)cc12. The molecule has 3 N–H and O–H groups in total. The van der Waals surface area contributed by atoms with Crippen molar-refractivity contribution in [2.45, 2.75) is 19.3 Å². The van der Waals surface area contributed by atoms with E-state index in [-0.39, 0.29) is 0 Å². The molecule has 0 radical (unpaired) electrons. The van der Waals surface area contributed by atoms with Crippen molar-refractivity contribution in [1.82, 2.24) is 4.98 Å². The van der Waals surface area contributed by atoms with Gasteiger partial charge in [0.25, 0.3) is 0 Å². The first-order valence-corrected chi connectivity index (χ1v) is 9.40. The Morgan fingerprint density at radius 1 is 1.09 bits per heavy atom. The molecule has 0 spiro atoms. The molecule has 0 fully saturated rings. The highest BCUT2D eigenvalue weighted by Crippen LogP contribution is 2.38. The number of nitrogens with two attached hydrogens (primary N) is 1.